The number of hydrogen-bond donors (Lipinski definition) is 1. The number of methoxy groups -OCH3 is 1. The molecule has 1 saturated carbocycles. The molecule has 0 aliphatic heterocycles. The largest absolute Gasteiger partial charge is 0.383 e. The van der Waals surface area contributed by atoms with E-state index in [4.69, 9.17) is 16.3 Å². The molecular formula is C16H23ClFNO. The van der Waals surface area contributed by atoms with Crippen LogP contribution in [0, 0.1) is 11.2 Å². The zero-order valence-corrected chi connectivity index (χ0v) is 12.8. The van der Waals surface area contributed by atoms with Gasteiger partial charge in [0.05, 0.1) is 6.61 Å². The monoisotopic (exact) mass is 299 g/mol. The molecule has 1 N–H and O–H groups in total. The van der Waals surface area contributed by atoms with E-state index < -0.39 is 0 Å². The van der Waals surface area contributed by atoms with Gasteiger partial charge in [0, 0.05) is 25.2 Å². The van der Waals surface area contributed by atoms with Crippen molar-refractivity contribution in [3.8, 4) is 0 Å². The van der Waals surface area contributed by atoms with Gasteiger partial charge in [0.15, 0.2) is 0 Å². The normalized spacial score (nSPS) is 17.6. The Hall–Kier alpha value is -0.640. The van der Waals surface area contributed by atoms with Crippen LogP contribution in [-0.4, -0.2) is 26.8 Å². The first-order valence-corrected chi connectivity index (χ1v) is 7.67. The Labute approximate surface area is 125 Å². The van der Waals surface area contributed by atoms with Crippen molar-refractivity contribution in [2.45, 2.75) is 32.1 Å². The molecule has 0 saturated heterocycles. The smallest absolute Gasteiger partial charge is 0.123 e. The van der Waals surface area contributed by atoms with E-state index >= 15 is 0 Å². The van der Waals surface area contributed by atoms with Gasteiger partial charge in [0.2, 0.25) is 0 Å². The molecule has 1 aromatic rings. The molecule has 4 heteroatoms. The van der Waals surface area contributed by atoms with Crippen LogP contribution in [0.1, 0.15) is 31.2 Å². The van der Waals surface area contributed by atoms with Crippen molar-refractivity contribution in [3.63, 3.8) is 0 Å². The van der Waals surface area contributed by atoms with E-state index in [1.165, 1.54) is 31.7 Å². The molecule has 1 aliphatic rings. The Balaban J connectivity index is 2.02. The fourth-order valence-corrected chi connectivity index (χ4v) is 3.34. The van der Waals surface area contributed by atoms with E-state index in [9.17, 15) is 4.39 Å². The lowest BCUT2D eigenvalue weighted by Crippen LogP contribution is -2.35. The molecule has 0 heterocycles. The number of hydrogen-bond acceptors (Lipinski definition) is 2. The second-order valence-corrected chi connectivity index (χ2v) is 6.20. The standard InChI is InChI=1S/C16H23ClFNO/c1-20-9-8-19-12-16(6-2-3-7-16)11-13-10-14(18)4-5-15(13)17/h4-5,10,19H,2-3,6-9,11-12H2,1H3. The van der Waals surface area contributed by atoms with Crippen molar-refractivity contribution in [1.82, 2.24) is 5.32 Å². The molecule has 0 bridgehead atoms. The Morgan fingerprint density at radius 1 is 1.35 bits per heavy atom. The second kappa shape index (κ2) is 7.39. The van der Waals surface area contributed by atoms with Gasteiger partial charge < -0.3 is 10.1 Å². The second-order valence-electron chi connectivity index (χ2n) is 5.79. The Kier molecular flexibility index (Phi) is 5.82. The maximum atomic E-state index is 13.4. The predicted octanol–water partition coefficient (Wildman–Crippen LogP) is 3.82. The van der Waals surface area contributed by atoms with Crippen LogP contribution >= 0.6 is 11.6 Å². The third-order valence-corrected chi connectivity index (χ3v) is 4.59. The molecule has 0 spiro atoms. The van der Waals surface area contributed by atoms with Crippen LogP contribution in [0.25, 0.3) is 0 Å². The summed E-state index contributed by atoms with van der Waals surface area (Å²) in [7, 11) is 1.71. The van der Waals surface area contributed by atoms with Gasteiger partial charge in [-0.05, 0) is 48.4 Å². The van der Waals surface area contributed by atoms with Crippen LogP contribution < -0.4 is 5.32 Å². The lowest BCUT2D eigenvalue weighted by atomic mass is 9.80. The maximum absolute atomic E-state index is 13.4. The highest BCUT2D eigenvalue weighted by atomic mass is 35.5. The molecule has 2 nitrogen and oxygen atoms in total. The summed E-state index contributed by atoms with van der Waals surface area (Å²) in [5.74, 6) is -0.204. The molecule has 1 aromatic carbocycles. The summed E-state index contributed by atoms with van der Waals surface area (Å²) in [5.41, 5.74) is 1.15. The fraction of sp³-hybridized carbons (Fsp3) is 0.625. The number of halogens is 2. The van der Waals surface area contributed by atoms with Crippen LogP contribution in [0.3, 0.4) is 0 Å². The van der Waals surface area contributed by atoms with Crippen molar-refractivity contribution in [2.75, 3.05) is 26.8 Å². The van der Waals surface area contributed by atoms with Crippen molar-refractivity contribution in [3.05, 3.63) is 34.6 Å². The molecule has 1 aliphatic carbocycles. The third-order valence-electron chi connectivity index (χ3n) is 4.22. The number of rotatable bonds is 7. The summed E-state index contributed by atoms with van der Waals surface area (Å²) < 4.78 is 18.5. The van der Waals surface area contributed by atoms with Gasteiger partial charge >= 0.3 is 0 Å². The van der Waals surface area contributed by atoms with Crippen LogP contribution in [0.5, 0.6) is 0 Å². The van der Waals surface area contributed by atoms with Gasteiger partial charge in [0.1, 0.15) is 5.82 Å². The lowest BCUT2D eigenvalue weighted by Gasteiger charge is -2.30. The minimum absolute atomic E-state index is 0.204. The average molecular weight is 300 g/mol. The van der Waals surface area contributed by atoms with Crippen LogP contribution in [0.4, 0.5) is 4.39 Å². The zero-order chi connectivity index (χ0) is 14.4. The highest BCUT2D eigenvalue weighted by Gasteiger charge is 2.34. The number of ether oxygens (including phenoxy) is 1. The molecular weight excluding hydrogens is 277 g/mol. The fourth-order valence-electron chi connectivity index (χ4n) is 3.15. The summed E-state index contributed by atoms with van der Waals surface area (Å²) in [6, 6.07) is 4.66. The van der Waals surface area contributed by atoms with Gasteiger partial charge in [0.25, 0.3) is 0 Å². The SMILES string of the molecule is COCCNCC1(Cc2cc(F)ccc2Cl)CCCC1. The quantitative estimate of drug-likeness (QED) is 0.773. The highest BCUT2D eigenvalue weighted by Crippen LogP contribution is 2.41. The van der Waals surface area contributed by atoms with E-state index in [1.54, 1.807) is 19.2 Å². The average Bonchev–Trinajstić information content (AvgIpc) is 2.88. The van der Waals surface area contributed by atoms with E-state index in [1.807, 2.05) is 0 Å². The summed E-state index contributed by atoms with van der Waals surface area (Å²) in [5, 5.41) is 4.14. The molecule has 0 unspecified atom stereocenters. The summed E-state index contributed by atoms with van der Waals surface area (Å²) in [4.78, 5) is 0. The van der Waals surface area contributed by atoms with Crippen molar-refractivity contribution < 1.29 is 9.13 Å². The Morgan fingerprint density at radius 2 is 2.10 bits per heavy atom. The van der Waals surface area contributed by atoms with Gasteiger partial charge in [-0.2, -0.15) is 0 Å². The van der Waals surface area contributed by atoms with Crippen molar-refractivity contribution in [2.24, 2.45) is 5.41 Å². The molecule has 0 amide bonds. The van der Waals surface area contributed by atoms with E-state index in [2.05, 4.69) is 5.32 Å². The zero-order valence-electron chi connectivity index (χ0n) is 12.1. The summed E-state index contributed by atoms with van der Waals surface area (Å²) in [6.45, 7) is 2.52. The van der Waals surface area contributed by atoms with Crippen LogP contribution in [0.2, 0.25) is 5.02 Å². The van der Waals surface area contributed by atoms with Crippen LogP contribution in [0.15, 0.2) is 18.2 Å². The van der Waals surface area contributed by atoms with Crippen molar-refractivity contribution in [1.29, 1.82) is 0 Å². The van der Waals surface area contributed by atoms with E-state index in [0.717, 1.165) is 31.7 Å². The summed E-state index contributed by atoms with van der Waals surface area (Å²) >= 11 is 6.21. The lowest BCUT2D eigenvalue weighted by molar-refractivity contribution is 0.189. The maximum Gasteiger partial charge on any atom is 0.123 e. The number of benzene rings is 1. The molecule has 0 radical (unpaired) electrons. The molecule has 20 heavy (non-hydrogen) atoms. The first-order valence-electron chi connectivity index (χ1n) is 7.29. The van der Waals surface area contributed by atoms with Gasteiger partial charge in [-0.1, -0.05) is 24.4 Å². The van der Waals surface area contributed by atoms with E-state index in [-0.39, 0.29) is 11.2 Å². The third kappa shape index (κ3) is 4.18. The summed E-state index contributed by atoms with van der Waals surface area (Å²) in [6.07, 6.45) is 5.71. The molecule has 1 fully saturated rings. The first kappa shape index (κ1) is 15.7. The number of nitrogens with one attached hydrogen (secondary N) is 1. The molecule has 2 rings (SSSR count). The van der Waals surface area contributed by atoms with Gasteiger partial charge in [-0.15, -0.1) is 0 Å². The Bertz CT molecular complexity index is 432. The minimum atomic E-state index is -0.204. The van der Waals surface area contributed by atoms with Crippen LogP contribution in [-0.2, 0) is 11.2 Å². The molecule has 112 valence electrons. The van der Waals surface area contributed by atoms with Gasteiger partial charge in [-0.3, -0.25) is 0 Å². The van der Waals surface area contributed by atoms with Gasteiger partial charge in [-0.25, -0.2) is 4.39 Å². The van der Waals surface area contributed by atoms with Crippen molar-refractivity contribution >= 4 is 11.6 Å². The Morgan fingerprint density at radius 3 is 2.80 bits per heavy atom. The topological polar surface area (TPSA) is 21.3 Å². The minimum Gasteiger partial charge on any atom is -0.383 e. The highest BCUT2D eigenvalue weighted by molar-refractivity contribution is 6.31. The van der Waals surface area contributed by atoms with E-state index in [0.29, 0.717) is 5.02 Å². The molecule has 0 aromatic heterocycles. The predicted molar refractivity (Wildman–Crippen MR) is 80.8 cm³/mol. The first-order chi connectivity index (χ1) is 9.65. The molecule has 0 atom stereocenters.